The van der Waals surface area contributed by atoms with Crippen LogP contribution in [0.3, 0.4) is 0 Å². The van der Waals surface area contributed by atoms with Crippen LogP contribution in [0.25, 0.3) is 21.8 Å². The van der Waals surface area contributed by atoms with Crippen LogP contribution in [0.4, 0.5) is 30.8 Å². The molecule has 24 heteroatoms. The molecular formula is C46H51F2N11O10S. The molecule has 5 aliphatic heterocycles. The number of piperidine rings is 2. The zero-order valence-electron chi connectivity index (χ0n) is 38.3. The van der Waals surface area contributed by atoms with Gasteiger partial charge >= 0.3 is 16.2 Å². The SMILES string of the molecule is COC1CN(S(=O)(=O)Nc2ccc(F)c(Oc3ccc4ncn([C@H]5COC6(CCN(C(=O)CC7(O)CCN(c8cc9c(cc8F)c(N8CCC(O)NC8=O)nn9C)CC7)CC6)C5)c(=O)c4c3)c2C#N)C1. The number of anilines is 3. The Hall–Kier alpha value is -6.49. The van der Waals surface area contributed by atoms with E-state index in [1.165, 1.54) is 47.2 Å². The summed E-state index contributed by atoms with van der Waals surface area (Å²) in [5.74, 6) is -1.86. The second-order valence-electron chi connectivity index (χ2n) is 18.7. The average molecular weight is 988 g/mol. The molecule has 7 heterocycles. The van der Waals surface area contributed by atoms with Gasteiger partial charge in [0.2, 0.25) is 5.91 Å². The van der Waals surface area contributed by atoms with Gasteiger partial charge in [-0.05, 0) is 74.6 Å². The van der Waals surface area contributed by atoms with E-state index in [1.807, 2.05) is 11.0 Å². The molecule has 1 unspecified atom stereocenters. The topological polar surface area (TPSA) is 250 Å². The van der Waals surface area contributed by atoms with Crippen LogP contribution >= 0.6 is 0 Å². The molecule has 0 saturated carbocycles. The summed E-state index contributed by atoms with van der Waals surface area (Å²) in [6.45, 7) is 2.03. The van der Waals surface area contributed by atoms with Gasteiger partial charge in [0.15, 0.2) is 17.4 Å². The van der Waals surface area contributed by atoms with Gasteiger partial charge in [-0.3, -0.25) is 28.5 Å². The first-order chi connectivity index (χ1) is 33.5. The van der Waals surface area contributed by atoms with Gasteiger partial charge in [0.05, 0.1) is 70.5 Å². The number of methoxy groups -OCH3 is 1. The number of likely N-dealkylation sites (tertiary alicyclic amines) is 1. The van der Waals surface area contributed by atoms with E-state index in [0.29, 0.717) is 74.0 Å². The van der Waals surface area contributed by atoms with Crippen LogP contribution in [0, 0.1) is 23.0 Å². The van der Waals surface area contributed by atoms with Crippen molar-refractivity contribution in [3.05, 3.63) is 76.3 Å². The summed E-state index contributed by atoms with van der Waals surface area (Å²) < 4.78 is 80.8. The summed E-state index contributed by atoms with van der Waals surface area (Å²) in [5, 5.41) is 39.0. The minimum absolute atomic E-state index is 0.0114. The number of aliphatic hydroxyl groups excluding tert-OH is 1. The van der Waals surface area contributed by atoms with Crippen LogP contribution in [-0.2, 0) is 31.5 Å². The summed E-state index contributed by atoms with van der Waals surface area (Å²) in [4.78, 5) is 49.7. The number of carbonyl (C=O) groups is 2. The molecule has 5 aliphatic rings. The Morgan fingerprint density at radius 2 is 1.79 bits per heavy atom. The Morgan fingerprint density at radius 1 is 1.03 bits per heavy atom. The van der Waals surface area contributed by atoms with E-state index in [9.17, 15) is 38.3 Å². The van der Waals surface area contributed by atoms with Gasteiger partial charge in [-0.2, -0.15) is 23.1 Å². The highest BCUT2D eigenvalue weighted by Crippen LogP contribution is 2.42. The smallest absolute Gasteiger partial charge is 0.325 e. The number of hydrogen-bond donors (Lipinski definition) is 4. The van der Waals surface area contributed by atoms with Crippen molar-refractivity contribution in [2.45, 2.75) is 74.5 Å². The van der Waals surface area contributed by atoms with Crippen molar-refractivity contribution in [3.63, 3.8) is 0 Å². The highest BCUT2D eigenvalue weighted by Gasteiger charge is 2.46. The lowest BCUT2D eigenvalue weighted by atomic mass is 9.85. The fourth-order valence-electron chi connectivity index (χ4n) is 10.1. The zero-order chi connectivity index (χ0) is 49.3. The van der Waals surface area contributed by atoms with Crippen molar-refractivity contribution >= 4 is 61.1 Å². The summed E-state index contributed by atoms with van der Waals surface area (Å²) in [6.07, 6.45) is 2.38. The standard InChI is InChI=1S/C46H51F2N11O10S/c1-54-37-19-38(34(48)18-31(37)42(52-54)58-12-7-39(60)51-44(58)63)55-13-8-45(64,9-14-55)21-40(61)56-15-10-46(11-16-56)20-27(25-68-46)59-26-50-35-5-3-28(17-30(35)43(59)62)69-41-32(22-49)36(6-4-33(41)47)53-70(65,66)57-23-29(24-57)67-2/h3-6,17-19,26-27,29,39,53,60,64H,7-16,20-21,23-25H2,1-2H3,(H,51,63)/t27-,39?/m1/s1. The molecular weight excluding hydrogens is 937 g/mol. The van der Waals surface area contributed by atoms with E-state index in [-0.39, 0.29) is 80.2 Å². The van der Waals surface area contributed by atoms with E-state index in [1.54, 1.807) is 22.7 Å². The van der Waals surface area contributed by atoms with E-state index in [2.05, 4.69) is 20.1 Å². The van der Waals surface area contributed by atoms with Crippen molar-refractivity contribution in [1.82, 2.24) is 33.9 Å². The van der Waals surface area contributed by atoms with E-state index < -0.39 is 68.2 Å². The minimum Gasteiger partial charge on any atom is -0.453 e. The van der Waals surface area contributed by atoms with Crippen LogP contribution in [-0.4, -0.2) is 142 Å². The van der Waals surface area contributed by atoms with Crippen molar-refractivity contribution in [3.8, 4) is 17.6 Å². The normalized spacial score (nSPS) is 21.8. The fraction of sp³-hybridized carbons (Fsp3) is 0.478. The van der Waals surface area contributed by atoms with Gasteiger partial charge in [-0.25, -0.2) is 18.6 Å². The molecule has 5 saturated heterocycles. The maximum absolute atomic E-state index is 15.8. The van der Waals surface area contributed by atoms with Crippen LogP contribution in [0.15, 0.2) is 53.6 Å². The summed E-state index contributed by atoms with van der Waals surface area (Å²) in [6, 6.07) is 10.4. The zero-order valence-corrected chi connectivity index (χ0v) is 39.1. The number of hydrogen-bond acceptors (Lipinski definition) is 14. The van der Waals surface area contributed by atoms with E-state index in [0.717, 1.165) is 16.4 Å². The highest BCUT2D eigenvalue weighted by molar-refractivity contribution is 7.90. The van der Waals surface area contributed by atoms with Crippen molar-refractivity contribution < 1.29 is 51.2 Å². The molecule has 3 aromatic carbocycles. The van der Waals surface area contributed by atoms with Gasteiger partial charge in [0, 0.05) is 71.8 Å². The molecule has 2 atom stereocenters. The first kappa shape index (κ1) is 47.2. The molecule has 0 bridgehead atoms. The van der Waals surface area contributed by atoms with Gasteiger partial charge < -0.3 is 39.5 Å². The second-order valence-corrected chi connectivity index (χ2v) is 20.4. The van der Waals surface area contributed by atoms with Crippen LogP contribution in [0.1, 0.15) is 56.6 Å². The number of aromatic nitrogens is 4. The van der Waals surface area contributed by atoms with Crippen LogP contribution in [0.2, 0.25) is 0 Å². The monoisotopic (exact) mass is 987 g/mol. The van der Waals surface area contributed by atoms with Crippen molar-refractivity contribution in [1.29, 1.82) is 5.26 Å². The van der Waals surface area contributed by atoms with Gasteiger partial charge in [0.1, 0.15) is 29.4 Å². The molecule has 0 aliphatic carbocycles. The first-order valence-corrected chi connectivity index (χ1v) is 24.4. The molecule has 0 radical (unpaired) electrons. The number of nitrogens with one attached hydrogen (secondary N) is 2. The third kappa shape index (κ3) is 8.74. The number of amides is 3. The number of ether oxygens (including phenoxy) is 3. The Labute approximate surface area is 399 Å². The molecule has 4 N–H and O–H groups in total. The maximum Gasteiger partial charge on any atom is 0.325 e. The van der Waals surface area contributed by atoms with Gasteiger partial charge in [-0.15, -0.1) is 0 Å². The number of nitriles is 1. The third-order valence-corrected chi connectivity index (χ3v) is 15.8. The quantitative estimate of drug-likeness (QED) is 0.149. The maximum atomic E-state index is 15.8. The number of aryl methyl sites for hydroxylation is 1. The molecule has 5 aromatic rings. The first-order valence-electron chi connectivity index (χ1n) is 23.0. The number of carbonyl (C=O) groups excluding carboxylic acids is 2. The number of halogens is 2. The molecule has 2 aromatic heterocycles. The van der Waals surface area contributed by atoms with Crippen LogP contribution < -0.4 is 30.1 Å². The molecule has 370 valence electrons. The number of fused-ring (bicyclic) bond motifs is 2. The molecule has 70 heavy (non-hydrogen) atoms. The lowest BCUT2D eigenvalue weighted by Gasteiger charge is -2.42. The summed E-state index contributed by atoms with van der Waals surface area (Å²) in [7, 11) is -0.908. The Bertz CT molecular complexity index is 3120. The number of urea groups is 1. The fourth-order valence-corrected chi connectivity index (χ4v) is 11.4. The Kier molecular flexibility index (Phi) is 12.2. The highest BCUT2D eigenvalue weighted by atomic mass is 32.2. The van der Waals surface area contributed by atoms with Gasteiger partial charge in [-0.1, -0.05) is 0 Å². The predicted molar refractivity (Wildman–Crippen MR) is 248 cm³/mol. The number of nitrogens with zero attached hydrogens (tertiary/aromatic N) is 9. The third-order valence-electron chi connectivity index (χ3n) is 14.4. The summed E-state index contributed by atoms with van der Waals surface area (Å²) >= 11 is 0. The largest absolute Gasteiger partial charge is 0.453 e. The van der Waals surface area contributed by atoms with Crippen molar-refractivity contribution in [2.75, 3.05) is 74.1 Å². The van der Waals surface area contributed by atoms with Crippen LogP contribution in [0.5, 0.6) is 11.5 Å². The van der Waals surface area contributed by atoms with E-state index in [4.69, 9.17) is 14.2 Å². The average Bonchev–Trinajstić information content (AvgIpc) is 3.86. The molecule has 10 rings (SSSR count). The van der Waals surface area contributed by atoms with E-state index >= 15 is 8.78 Å². The number of aliphatic hydroxyl groups is 2. The van der Waals surface area contributed by atoms with Gasteiger partial charge in [0.25, 0.3) is 5.56 Å². The minimum atomic E-state index is -4.08. The lowest BCUT2D eigenvalue weighted by molar-refractivity contribution is -0.142. The Balaban J connectivity index is 0.752. The molecule has 21 nitrogen and oxygen atoms in total. The number of rotatable bonds is 11. The van der Waals surface area contributed by atoms with Crippen molar-refractivity contribution in [2.24, 2.45) is 7.05 Å². The molecule has 3 amide bonds. The Morgan fingerprint density at radius 3 is 2.50 bits per heavy atom. The predicted octanol–water partition coefficient (Wildman–Crippen LogP) is 3.19. The lowest BCUT2D eigenvalue weighted by Crippen LogP contribution is -2.55. The summed E-state index contributed by atoms with van der Waals surface area (Å²) in [5.41, 5.74) is -1.61. The number of benzene rings is 3. The molecule has 1 spiro atoms. The second kappa shape index (κ2) is 18.0. The molecule has 5 fully saturated rings.